The number of carbonyl (C=O) groups is 1. The quantitative estimate of drug-likeness (QED) is 0.746. The smallest absolute Gasteiger partial charge is 0.339 e. The highest BCUT2D eigenvalue weighted by atomic mass is 35.5. The van der Waals surface area contributed by atoms with Gasteiger partial charge in [0.25, 0.3) is 0 Å². The maximum atomic E-state index is 13.2. The first-order chi connectivity index (χ1) is 11.8. The van der Waals surface area contributed by atoms with Crippen molar-refractivity contribution in [2.24, 2.45) is 0 Å². The molecule has 0 fully saturated rings. The van der Waals surface area contributed by atoms with Gasteiger partial charge < -0.3 is 10.2 Å². The van der Waals surface area contributed by atoms with E-state index in [4.69, 9.17) is 23.2 Å². The van der Waals surface area contributed by atoms with E-state index in [-0.39, 0.29) is 31.0 Å². The van der Waals surface area contributed by atoms with Gasteiger partial charge >= 0.3 is 5.97 Å². The molecule has 0 radical (unpaired) electrons. The van der Waals surface area contributed by atoms with Crippen LogP contribution in [0, 0.1) is 6.92 Å². The lowest BCUT2D eigenvalue weighted by Gasteiger charge is -2.24. The Morgan fingerprint density at radius 2 is 1.65 bits per heavy atom. The number of aromatic carboxylic acids is 1. The summed E-state index contributed by atoms with van der Waals surface area (Å²) >= 11 is 11.9. The molecule has 0 atom stereocenters. The molecular formula is C18H18Cl2O5S. The topological polar surface area (TPSA) is 91.7 Å². The average Bonchev–Trinajstić information content (AvgIpc) is 2.47. The molecule has 0 bridgehead atoms. The van der Waals surface area contributed by atoms with Crippen LogP contribution >= 0.6 is 23.2 Å². The molecule has 0 saturated carbocycles. The van der Waals surface area contributed by atoms with Crippen molar-refractivity contribution >= 4 is 39.0 Å². The molecule has 0 amide bonds. The molecule has 2 rings (SSSR count). The van der Waals surface area contributed by atoms with Crippen LogP contribution in [0.3, 0.4) is 0 Å². The third kappa shape index (κ3) is 3.54. The molecule has 26 heavy (non-hydrogen) atoms. The number of aromatic hydroxyl groups is 1. The number of rotatable bonds is 3. The highest BCUT2D eigenvalue weighted by molar-refractivity contribution is 7.91. The van der Waals surface area contributed by atoms with Crippen molar-refractivity contribution < 1.29 is 23.4 Å². The van der Waals surface area contributed by atoms with E-state index in [9.17, 15) is 23.4 Å². The van der Waals surface area contributed by atoms with E-state index in [1.54, 1.807) is 20.8 Å². The number of sulfone groups is 1. The molecule has 8 heteroatoms. The molecule has 2 aromatic rings. The number of halogens is 2. The van der Waals surface area contributed by atoms with Crippen LogP contribution in [-0.2, 0) is 15.3 Å². The lowest BCUT2D eigenvalue weighted by molar-refractivity contribution is 0.0692. The third-order valence-electron chi connectivity index (χ3n) is 4.01. The Morgan fingerprint density at radius 1 is 1.08 bits per heavy atom. The second-order valence-electron chi connectivity index (χ2n) is 6.90. The summed E-state index contributed by atoms with van der Waals surface area (Å²) < 4.78 is 26.4. The number of carboxylic acids is 1. The van der Waals surface area contributed by atoms with E-state index in [0.29, 0.717) is 0 Å². The van der Waals surface area contributed by atoms with Gasteiger partial charge in [0.2, 0.25) is 9.84 Å². The predicted molar refractivity (Wildman–Crippen MR) is 100 cm³/mol. The van der Waals surface area contributed by atoms with Crippen LogP contribution in [0.25, 0.3) is 0 Å². The maximum Gasteiger partial charge on any atom is 0.339 e. The van der Waals surface area contributed by atoms with E-state index < -0.39 is 32.5 Å². The lowest BCUT2D eigenvalue weighted by atomic mass is 9.84. The van der Waals surface area contributed by atoms with Crippen molar-refractivity contribution in [1.82, 2.24) is 0 Å². The SMILES string of the molecule is Cc1c(S(=O)(=O)c2cc(Cl)ccc2Cl)cc(C(C)(C)C)c(O)c1C(=O)O. The molecule has 2 aromatic carbocycles. The summed E-state index contributed by atoms with van der Waals surface area (Å²) in [6.07, 6.45) is 0. The standard InChI is InChI=1S/C18H18Cl2O5S/c1-9-13(26(24,25)14-7-10(19)5-6-12(14)20)8-11(18(2,3)4)16(21)15(9)17(22)23/h5-8,21H,1-4H3,(H,22,23). The molecule has 0 saturated heterocycles. The zero-order valence-corrected chi connectivity index (χ0v) is 16.9. The average molecular weight is 417 g/mol. The van der Waals surface area contributed by atoms with Crippen LogP contribution in [0.2, 0.25) is 10.0 Å². The first-order valence-electron chi connectivity index (χ1n) is 7.59. The molecule has 5 nitrogen and oxygen atoms in total. The van der Waals surface area contributed by atoms with Gasteiger partial charge in [0.05, 0.1) is 14.8 Å². The van der Waals surface area contributed by atoms with Crippen LogP contribution < -0.4 is 0 Å². The van der Waals surface area contributed by atoms with Gasteiger partial charge in [-0.25, -0.2) is 13.2 Å². The number of benzene rings is 2. The summed E-state index contributed by atoms with van der Waals surface area (Å²) in [4.78, 5) is 11.2. The summed E-state index contributed by atoms with van der Waals surface area (Å²) in [5.74, 6) is -1.86. The minimum absolute atomic E-state index is 0.0314. The molecule has 0 aliphatic heterocycles. The van der Waals surface area contributed by atoms with Crippen LogP contribution in [-0.4, -0.2) is 24.6 Å². The lowest BCUT2D eigenvalue weighted by Crippen LogP contribution is -2.17. The number of hydrogen-bond donors (Lipinski definition) is 2. The predicted octanol–water partition coefficient (Wildman–Crippen LogP) is 4.84. The van der Waals surface area contributed by atoms with Crippen molar-refractivity contribution in [3.05, 3.63) is 51.0 Å². The summed E-state index contributed by atoms with van der Waals surface area (Å²) in [6, 6.07) is 5.32. The first-order valence-corrected chi connectivity index (χ1v) is 9.83. The molecule has 0 aromatic heterocycles. The number of hydrogen-bond acceptors (Lipinski definition) is 4. The van der Waals surface area contributed by atoms with Gasteiger partial charge in [-0.2, -0.15) is 0 Å². The first kappa shape index (κ1) is 20.6. The van der Waals surface area contributed by atoms with E-state index in [0.717, 1.165) is 0 Å². The molecule has 0 spiro atoms. The zero-order chi connectivity index (χ0) is 20.0. The highest BCUT2D eigenvalue weighted by Crippen LogP contribution is 2.40. The maximum absolute atomic E-state index is 13.2. The highest BCUT2D eigenvalue weighted by Gasteiger charge is 2.32. The van der Waals surface area contributed by atoms with Gasteiger partial charge in [0, 0.05) is 10.6 Å². The van der Waals surface area contributed by atoms with E-state index >= 15 is 0 Å². The van der Waals surface area contributed by atoms with Crippen LogP contribution in [0.5, 0.6) is 5.75 Å². The molecule has 0 aliphatic rings. The molecular weight excluding hydrogens is 399 g/mol. The molecule has 0 unspecified atom stereocenters. The Bertz CT molecular complexity index is 1010. The Labute approximate surface area is 162 Å². The van der Waals surface area contributed by atoms with Crippen molar-refractivity contribution in [1.29, 1.82) is 0 Å². The minimum atomic E-state index is -4.17. The second kappa shape index (κ2) is 6.76. The zero-order valence-electron chi connectivity index (χ0n) is 14.6. The number of carboxylic acid groups (broad SMARTS) is 1. The largest absolute Gasteiger partial charge is 0.507 e. The van der Waals surface area contributed by atoms with E-state index in [2.05, 4.69) is 0 Å². The Balaban J connectivity index is 2.95. The van der Waals surface area contributed by atoms with Crippen LogP contribution in [0.15, 0.2) is 34.1 Å². The van der Waals surface area contributed by atoms with E-state index in [1.807, 2.05) is 0 Å². The molecule has 0 aliphatic carbocycles. The van der Waals surface area contributed by atoms with Crippen molar-refractivity contribution in [2.45, 2.75) is 42.9 Å². The van der Waals surface area contributed by atoms with Crippen LogP contribution in [0.4, 0.5) is 0 Å². The van der Waals surface area contributed by atoms with Crippen molar-refractivity contribution in [2.75, 3.05) is 0 Å². The molecule has 140 valence electrons. The monoisotopic (exact) mass is 416 g/mol. The van der Waals surface area contributed by atoms with Gasteiger partial charge in [0.1, 0.15) is 11.3 Å². The fourth-order valence-electron chi connectivity index (χ4n) is 2.66. The van der Waals surface area contributed by atoms with Crippen molar-refractivity contribution in [3.63, 3.8) is 0 Å². The Kier molecular flexibility index (Phi) is 5.34. The summed E-state index contributed by atoms with van der Waals surface area (Å²) in [7, 11) is -4.17. The third-order valence-corrected chi connectivity index (χ3v) is 6.60. The van der Waals surface area contributed by atoms with Gasteiger partial charge in [-0.1, -0.05) is 44.0 Å². The fourth-order valence-corrected chi connectivity index (χ4v) is 4.94. The summed E-state index contributed by atoms with van der Waals surface area (Å²) in [5, 5.41) is 20.1. The Morgan fingerprint density at radius 3 is 2.15 bits per heavy atom. The Hall–Kier alpha value is -1.76. The number of phenols is 1. The van der Waals surface area contributed by atoms with Gasteiger partial charge in [-0.05, 0) is 42.2 Å². The summed E-state index contributed by atoms with van der Waals surface area (Å²) in [6.45, 7) is 6.56. The second-order valence-corrected chi connectivity index (χ2v) is 9.63. The van der Waals surface area contributed by atoms with Gasteiger partial charge in [-0.3, -0.25) is 0 Å². The normalized spacial score (nSPS) is 12.2. The van der Waals surface area contributed by atoms with Gasteiger partial charge in [0.15, 0.2) is 0 Å². The summed E-state index contributed by atoms with van der Waals surface area (Å²) in [5.41, 5.74) is -1.00. The van der Waals surface area contributed by atoms with E-state index in [1.165, 1.54) is 31.2 Å². The fraction of sp³-hybridized carbons (Fsp3) is 0.278. The van der Waals surface area contributed by atoms with Crippen molar-refractivity contribution in [3.8, 4) is 5.75 Å². The minimum Gasteiger partial charge on any atom is -0.507 e. The molecule has 0 heterocycles. The van der Waals surface area contributed by atoms with Crippen LogP contribution in [0.1, 0.15) is 42.3 Å². The molecule has 2 N–H and O–H groups in total. The van der Waals surface area contributed by atoms with Gasteiger partial charge in [-0.15, -0.1) is 0 Å².